The van der Waals surface area contributed by atoms with Crippen molar-refractivity contribution in [3.05, 3.63) is 99.1 Å². The molecule has 1 saturated heterocycles. The van der Waals surface area contributed by atoms with Gasteiger partial charge in [0.1, 0.15) is 17.9 Å². The van der Waals surface area contributed by atoms with E-state index in [-0.39, 0.29) is 5.57 Å². The number of nitrogens with one attached hydrogen (secondary N) is 1. The molecule has 0 saturated carbocycles. The zero-order valence-corrected chi connectivity index (χ0v) is 19.8. The first-order valence-electron chi connectivity index (χ1n) is 10.7. The fourth-order valence-corrected chi connectivity index (χ4v) is 4.10. The van der Waals surface area contributed by atoms with Crippen LogP contribution < -0.4 is 15.0 Å². The number of nitrogens with zero attached hydrogens (tertiary/aromatic N) is 1. The predicted molar refractivity (Wildman–Crippen MR) is 132 cm³/mol. The maximum Gasteiger partial charge on any atom is 0.335 e. The second-order valence-electron chi connectivity index (χ2n) is 8.21. The number of hydrogen-bond acceptors (Lipinski definition) is 4. The lowest BCUT2D eigenvalue weighted by Crippen LogP contribution is -2.54. The van der Waals surface area contributed by atoms with Crippen molar-refractivity contribution in [1.29, 1.82) is 0 Å². The van der Waals surface area contributed by atoms with Crippen LogP contribution in [0.15, 0.2) is 66.2 Å². The molecule has 0 unspecified atom stereocenters. The zero-order chi connectivity index (χ0) is 24.4. The molecule has 0 aromatic heterocycles. The van der Waals surface area contributed by atoms with Crippen LogP contribution in [0.4, 0.5) is 10.5 Å². The Morgan fingerprint density at radius 2 is 1.65 bits per heavy atom. The van der Waals surface area contributed by atoms with Crippen LogP contribution in [0.25, 0.3) is 6.08 Å². The van der Waals surface area contributed by atoms with Crippen LogP contribution in [-0.2, 0) is 16.2 Å². The van der Waals surface area contributed by atoms with Gasteiger partial charge in [-0.1, -0.05) is 59.1 Å². The number of barbiturate groups is 1. The van der Waals surface area contributed by atoms with Gasteiger partial charge < -0.3 is 4.74 Å². The van der Waals surface area contributed by atoms with Gasteiger partial charge in [-0.3, -0.25) is 14.9 Å². The third kappa shape index (κ3) is 4.87. The number of anilines is 1. The summed E-state index contributed by atoms with van der Waals surface area (Å²) in [5.74, 6) is -1.04. The summed E-state index contributed by atoms with van der Waals surface area (Å²) in [4.78, 5) is 39.3. The van der Waals surface area contributed by atoms with E-state index < -0.39 is 17.8 Å². The summed E-state index contributed by atoms with van der Waals surface area (Å²) in [5, 5.41) is 2.66. The van der Waals surface area contributed by atoms with E-state index in [0.29, 0.717) is 28.6 Å². The van der Waals surface area contributed by atoms with Crippen LogP contribution in [0.2, 0.25) is 5.02 Å². The number of amides is 4. The SMILES string of the molecule is Cc1cc(C)cc(COc2ccc(Cl)cc2/C=C2\C(=O)NC(=O)N(c3ccccc3C)C2=O)c1. The molecular formula is C27H23ClN2O4. The number of ether oxygens (including phenoxy) is 1. The number of para-hydroxylation sites is 1. The monoisotopic (exact) mass is 474 g/mol. The van der Waals surface area contributed by atoms with Gasteiger partial charge in [0.2, 0.25) is 0 Å². The average Bonchev–Trinajstić information content (AvgIpc) is 2.76. The molecule has 172 valence electrons. The molecule has 1 N–H and O–H groups in total. The first-order valence-corrected chi connectivity index (χ1v) is 11.1. The minimum Gasteiger partial charge on any atom is -0.488 e. The molecule has 0 aliphatic carbocycles. The predicted octanol–water partition coefficient (Wildman–Crippen LogP) is 5.51. The highest BCUT2D eigenvalue weighted by atomic mass is 35.5. The molecule has 4 amide bonds. The topological polar surface area (TPSA) is 75.7 Å². The van der Waals surface area contributed by atoms with E-state index in [9.17, 15) is 14.4 Å². The van der Waals surface area contributed by atoms with Gasteiger partial charge in [-0.2, -0.15) is 0 Å². The number of hydrogen-bond donors (Lipinski definition) is 1. The van der Waals surface area contributed by atoms with Crippen molar-refractivity contribution in [2.45, 2.75) is 27.4 Å². The standard InChI is InChI=1S/C27H23ClN2O4/c1-16-10-17(2)12-19(11-16)15-34-24-9-8-21(28)13-20(24)14-22-25(31)29-27(33)30(26(22)32)23-7-5-4-6-18(23)3/h4-14H,15H2,1-3H3,(H,29,31,33)/b22-14+. The lowest BCUT2D eigenvalue weighted by Gasteiger charge is -2.27. The summed E-state index contributed by atoms with van der Waals surface area (Å²) in [6.07, 6.45) is 1.40. The molecule has 1 aliphatic rings. The number of urea groups is 1. The van der Waals surface area contributed by atoms with Crippen LogP contribution in [0.5, 0.6) is 5.75 Å². The van der Waals surface area contributed by atoms with E-state index in [1.807, 2.05) is 26.0 Å². The Bertz CT molecular complexity index is 1330. The van der Waals surface area contributed by atoms with Gasteiger partial charge in [0.05, 0.1) is 5.69 Å². The van der Waals surface area contributed by atoms with Gasteiger partial charge in [-0.25, -0.2) is 9.69 Å². The number of rotatable bonds is 5. The summed E-state index contributed by atoms with van der Waals surface area (Å²) >= 11 is 6.20. The quantitative estimate of drug-likeness (QED) is 0.390. The molecule has 3 aromatic carbocycles. The molecule has 1 fully saturated rings. The minimum absolute atomic E-state index is 0.193. The maximum atomic E-state index is 13.3. The number of halogens is 1. The second kappa shape index (κ2) is 9.53. The molecule has 3 aromatic rings. The fraction of sp³-hybridized carbons (Fsp3) is 0.148. The molecule has 6 nitrogen and oxygen atoms in total. The Labute approximate surface area is 202 Å². The van der Waals surface area contributed by atoms with E-state index in [2.05, 4.69) is 11.4 Å². The molecule has 0 atom stereocenters. The molecule has 4 rings (SSSR count). The highest BCUT2D eigenvalue weighted by molar-refractivity contribution is 6.39. The average molecular weight is 475 g/mol. The van der Waals surface area contributed by atoms with Gasteiger partial charge >= 0.3 is 6.03 Å². The lowest BCUT2D eigenvalue weighted by atomic mass is 10.0. The van der Waals surface area contributed by atoms with Crippen LogP contribution in [0.3, 0.4) is 0 Å². The Hall–Kier alpha value is -3.90. The van der Waals surface area contributed by atoms with Crippen molar-refractivity contribution < 1.29 is 19.1 Å². The van der Waals surface area contributed by atoms with Gasteiger partial charge in [-0.05, 0) is 62.2 Å². The lowest BCUT2D eigenvalue weighted by molar-refractivity contribution is -0.122. The fourth-order valence-electron chi connectivity index (χ4n) is 3.92. The van der Waals surface area contributed by atoms with Crippen molar-refractivity contribution in [3.8, 4) is 5.75 Å². The zero-order valence-electron chi connectivity index (χ0n) is 19.0. The summed E-state index contributed by atoms with van der Waals surface area (Å²) in [5.41, 5.74) is 4.63. The van der Waals surface area contributed by atoms with Crippen molar-refractivity contribution in [1.82, 2.24) is 5.32 Å². The van der Waals surface area contributed by atoms with Gasteiger partial charge in [0.25, 0.3) is 11.8 Å². The highest BCUT2D eigenvalue weighted by Gasteiger charge is 2.37. The Kier molecular flexibility index (Phi) is 6.52. The van der Waals surface area contributed by atoms with E-state index in [1.165, 1.54) is 6.08 Å². The Morgan fingerprint density at radius 3 is 2.35 bits per heavy atom. The van der Waals surface area contributed by atoms with Crippen LogP contribution in [-0.4, -0.2) is 17.8 Å². The number of carbonyl (C=O) groups is 3. The maximum absolute atomic E-state index is 13.3. The largest absolute Gasteiger partial charge is 0.488 e. The molecule has 0 radical (unpaired) electrons. The molecule has 1 aliphatic heterocycles. The van der Waals surface area contributed by atoms with Crippen LogP contribution in [0, 0.1) is 20.8 Å². The van der Waals surface area contributed by atoms with Gasteiger partial charge in [0.15, 0.2) is 0 Å². The number of imide groups is 2. The van der Waals surface area contributed by atoms with Crippen molar-refractivity contribution >= 4 is 41.2 Å². The Morgan fingerprint density at radius 1 is 0.941 bits per heavy atom. The van der Waals surface area contributed by atoms with E-state index in [1.54, 1.807) is 49.4 Å². The van der Waals surface area contributed by atoms with E-state index >= 15 is 0 Å². The van der Waals surface area contributed by atoms with Crippen molar-refractivity contribution in [3.63, 3.8) is 0 Å². The number of carbonyl (C=O) groups excluding carboxylic acids is 3. The van der Waals surface area contributed by atoms with Crippen LogP contribution in [0.1, 0.15) is 27.8 Å². The third-order valence-corrected chi connectivity index (χ3v) is 5.64. The number of benzene rings is 3. The van der Waals surface area contributed by atoms with Crippen LogP contribution >= 0.6 is 11.6 Å². The molecule has 0 bridgehead atoms. The first kappa shape index (κ1) is 23.3. The summed E-state index contributed by atoms with van der Waals surface area (Å²) in [7, 11) is 0. The minimum atomic E-state index is -0.793. The third-order valence-electron chi connectivity index (χ3n) is 5.41. The van der Waals surface area contributed by atoms with E-state index in [0.717, 1.165) is 27.2 Å². The molecule has 7 heteroatoms. The summed E-state index contributed by atoms with van der Waals surface area (Å²) in [6.45, 7) is 6.12. The van der Waals surface area contributed by atoms with Crippen molar-refractivity contribution in [2.24, 2.45) is 0 Å². The van der Waals surface area contributed by atoms with E-state index in [4.69, 9.17) is 16.3 Å². The normalized spacial score (nSPS) is 15.0. The van der Waals surface area contributed by atoms with Gasteiger partial charge in [0, 0.05) is 10.6 Å². The summed E-state index contributed by atoms with van der Waals surface area (Å²) in [6, 6.07) is 17.3. The molecule has 1 heterocycles. The smallest absolute Gasteiger partial charge is 0.335 e. The second-order valence-corrected chi connectivity index (χ2v) is 8.65. The van der Waals surface area contributed by atoms with Gasteiger partial charge in [-0.15, -0.1) is 0 Å². The highest BCUT2D eigenvalue weighted by Crippen LogP contribution is 2.29. The number of aryl methyl sites for hydroxylation is 3. The molecule has 34 heavy (non-hydrogen) atoms. The molecule has 0 spiro atoms. The summed E-state index contributed by atoms with van der Waals surface area (Å²) < 4.78 is 6.03. The molecular weight excluding hydrogens is 452 g/mol. The Balaban J connectivity index is 1.69. The van der Waals surface area contributed by atoms with Crippen molar-refractivity contribution in [2.75, 3.05) is 4.90 Å². The first-order chi connectivity index (χ1) is 16.2.